The third-order valence-corrected chi connectivity index (χ3v) is 4.56. The molecular weight excluding hydrogens is 196 g/mol. The summed E-state index contributed by atoms with van der Waals surface area (Å²) in [5, 5.41) is 0. The van der Waals surface area contributed by atoms with Gasteiger partial charge in [-0.2, -0.15) is 0 Å². The highest BCUT2D eigenvalue weighted by molar-refractivity contribution is 4.90. The number of ether oxygens (including phenoxy) is 1. The van der Waals surface area contributed by atoms with E-state index in [1.165, 1.54) is 0 Å². The molecule has 1 nitrogen and oxygen atoms in total. The molecule has 1 saturated heterocycles. The first-order chi connectivity index (χ1) is 7.40. The van der Waals surface area contributed by atoms with Crippen LogP contribution in [-0.4, -0.2) is 12.2 Å². The lowest BCUT2D eigenvalue weighted by atomic mass is 9.68. The second-order valence-corrected chi connectivity index (χ2v) is 6.33. The second-order valence-electron chi connectivity index (χ2n) is 6.33. The van der Waals surface area contributed by atoms with Crippen LogP contribution in [0.5, 0.6) is 0 Å². The smallest absolute Gasteiger partial charge is 0.0635 e. The zero-order chi connectivity index (χ0) is 12.5. The molecule has 5 atom stereocenters. The summed E-state index contributed by atoms with van der Waals surface area (Å²) in [4.78, 5) is 0. The van der Waals surface area contributed by atoms with Crippen LogP contribution in [0.2, 0.25) is 0 Å². The first kappa shape index (κ1) is 14.0. The summed E-state index contributed by atoms with van der Waals surface area (Å²) >= 11 is 0. The van der Waals surface area contributed by atoms with Gasteiger partial charge in [0.1, 0.15) is 0 Å². The molecule has 0 aromatic rings. The van der Waals surface area contributed by atoms with Gasteiger partial charge in [0.15, 0.2) is 0 Å². The average Bonchev–Trinajstić information content (AvgIpc) is 2.20. The third kappa shape index (κ3) is 2.61. The van der Waals surface area contributed by atoms with Gasteiger partial charge in [0.2, 0.25) is 0 Å². The van der Waals surface area contributed by atoms with Crippen LogP contribution in [0.15, 0.2) is 0 Å². The highest BCUT2D eigenvalue weighted by Gasteiger charge is 2.42. The molecule has 16 heavy (non-hydrogen) atoms. The van der Waals surface area contributed by atoms with E-state index in [0.29, 0.717) is 24.0 Å². The fraction of sp³-hybridized carbons (Fsp3) is 1.00. The van der Waals surface area contributed by atoms with Gasteiger partial charge in [-0.3, -0.25) is 0 Å². The van der Waals surface area contributed by atoms with Crippen molar-refractivity contribution in [3.8, 4) is 0 Å². The van der Waals surface area contributed by atoms with Gasteiger partial charge >= 0.3 is 0 Å². The summed E-state index contributed by atoms with van der Waals surface area (Å²) in [6, 6.07) is 0. The zero-order valence-electron chi connectivity index (χ0n) is 12.2. The monoisotopic (exact) mass is 226 g/mol. The average molecular weight is 226 g/mol. The Morgan fingerprint density at radius 2 is 1.50 bits per heavy atom. The van der Waals surface area contributed by atoms with Crippen molar-refractivity contribution in [2.24, 2.45) is 29.6 Å². The molecule has 0 aliphatic carbocycles. The fourth-order valence-electron chi connectivity index (χ4n) is 3.46. The van der Waals surface area contributed by atoms with Gasteiger partial charge in [0.25, 0.3) is 0 Å². The summed E-state index contributed by atoms with van der Waals surface area (Å²) in [5.41, 5.74) is 0. The van der Waals surface area contributed by atoms with Crippen LogP contribution in [0.4, 0.5) is 0 Å². The lowest BCUT2D eigenvalue weighted by molar-refractivity contribution is -0.165. The van der Waals surface area contributed by atoms with E-state index in [9.17, 15) is 0 Å². The Morgan fingerprint density at radius 1 is 0.938 bits per heavy atom. The minimum Gasteiger partial charge on any atom is -0.374 e. The Kier molecular flexibility index (Phi) is 4.85. The maximum absolute atomic E-state index is 6.35. The van der Waals surface area contributed by atoms with Crippen molar-refractivity contribution in [3.63, 3.8) is 0 Å². The number of hydrogen-bond acceptors (Lipinski definition) is 1. The van der Waals surface area contributed by atoms with Crippen LogP contribution < -0.4 is 0 Å². The molecule has 1 heterocycles. The van der Waals surface area contributed by atoms with Crippen molar-refractivity contribution in [1.29, 1.82) is 0 Å². The molecule has 96 valence electrons. The van der Waals surface area contributed by atoms with Crippen molar-refractivity contribution in [2.45, 2.75) is 67.1 Å². The summed E-state index contributed by atoms with van der Waals surface area (Å²) in [7, 11) is 0. The number of hydrogen-bond donors (Lipinski definition) is 0. The van der Waals surface area contributed by atoms with Crippen molar-refractivity contribution >= 4 is 0 Å². The van der Waals surface area contributed by atoms with Crippen LogP contribution >= 0.6 is 0 Å². The minimum absolute atomic E-state index is 0.455. The van der Waals surface area contributed by atoms with E-state index < -0.39 is 0 Å². The zero-order valence-corrected chi connectivity index (χ0v) is 12.2. The summed E-state index contributed by atoms with van der Waals surface area (Å²) < 4.78 is 6.35. The van der Waals surface area contributed by atoms with Crippen LogP contribution in [0.1, 0.15) is 54.9 Å². The van der Waals surface area contributed by atoms with E-state index in [4.69, 9.17) is 4.74 Å². The maximum Gasteiger partial charge on any atom is 0.0635 e. The second kappa shape index (κ2) is 5.53. The van der Waals surface area contributed by atoms with Crippen LogP contribution in [0.3, 0.4) is 0 Å². The van der Waals surface area contributed by atoms with Crippen LogP contribution in [0.25, 0.3) is 0 Å². The van der Waals surface area contributed by atoms with Gasteiger partial charge < -0.3 is 4.74 Å². The van der Waals surface area contributed by atoms with Crippen LogP contribution in [-0.2, 0) is 4.74 Å². The quantitative estimate of drug-likeness (QED) is 0.694. The Balaban J connectivity index is 2.88. The van der Waals surface area contributed by atoms with Crippen molar-refractivity contribution in [2.75, 3.05) is 0 Å². The normalized spacial score (nSPS) is 40.7. The third-order valence-electron chi connectivity index (χ3n) is 4.56. The fourth-order valence-corrected chi connectivity index (χ4v) is 3.46. The van der Waals surface area contributed by atoms with Crippen LogP contribution in [0, 0.1) is 29.6 Å². The number of rotatable bonds is 3. The molecule has 1 aliphatic rings. The summed E-state index contributed by atoms with van der Waals surface area (Å²) in [6.45, 7) is 16.3. The van der Waals surface area contributed by atoms with E-state index in [1.807, 2.05) is 0 Å². The molecule has 1 aliphatic heterocycles. The molecule has 1 fully saturated rings. The predicted octanol–water partition coefficient (Wildman–Crippen LogP) is 4.36. The largest absolute Gasteiger partial charge is 0.374 e. The molecule has 0 radical (unpaired) electrons. The lowest BCUT2D eigenvalue weighted by Crippen LogP contribution is -2.49. The molecular formula is C15H30O. The summed E-state index contributed by atoms with van der Waals surface area (Å²) in [5.74, 6) is 3.57. The topological polar surface area (TPSA) is 9.23 Å². The molecule has 0 amide bonds. The van der Waals surface area contributed by atoms with E-state index >= 15 is 0 Å². The van der Waals surface area contributed by atoms with E-state index in [1.54, 1.807) is 0 Å². The maximum atomic E-state index is 6.35. The van der Waals surface area contributed by atoms with Gasteiger partial charge in [-0.05, 0) is 36.0 Å². The standard InChI is InChI=1S/C15H30O/c1-8-13-11(6)12(7)14(9(2)3)15(16-13)10(4)5/h9-15H,8H2,1-7H3. The first-order valence-electron chi connectivity index (χ1n) is 7.05. The molecule has 5 unspecified atom stereocenters. The molecule has 0 aromatic carbocycles. The van der Waals surface area contributed by atoms with Crippen molar-refractivity contribution in [3.05, 3.63) is 0 Å². The lowest BCUT2D eigenvalue weighted by Gasteiger charge is -2.48. The molecule has 0 bridgehead atoms. The highest BCUT2D eigenvalue weighted by atomic mass is 16.5. The molecule has 0 aromatic heterocycles. The molecule has 0 spiro atoms. The van der Waals surface area contributed by atoms with E-state index in [-0.39, 0.29) is 0 Å². The molecule has 0 N–H and O–H groups in total. The predicted molar refractivity (Wildman–Crippen MR) is 70.4 cm³/mol. The van der Waals surface area contributed by atoms with Gasteiger partial charge in [0, 0.05) is 0 Å². The highest BCUT2D eigenvalue weighted by Crippen LogP contribution is 2.42. The van der Waals surface area contributed by atoms with E-state index in [2.05, 4.69) is 48.5 Å². The molecule has 1 heteroatoms. The Labute approximate surface area is 102 Å². The van der Waals surface area contributed by atoms with Gasteiger partial charge in [-0.15, -0.1) is 0 Å². The molecule has 1 rings (SSSR count). The Morgan fingerprint density at radius 3 is 1.88 bits per heavy atom. The van der Waals surface area contributed by atoms with Gasteiger partial charge in [-0.25, -0.2) is 0 Å². The molecule has 0 saturated carbocycles. The SMILES string of the molecule is CCC1OC(C(C)C)C(C(C)C)C(C)C1C. The summed E-state index contributed by atoms with van der Waals surface area (Å²) in [6.07, 6.45) is 2.08. The minimum atomic E-state index is 0.455. The van der Waals surface area contributed by atoms with Crippen molar-refractivity contribution < 1.29 is 4.74 Å². The Hall–Kier alpha value is -0.0400. The van der Waals surface area contributed by atoms with Crippen molar-refractivity contribution in [1.82, 2.24) is 0 Å². The first-order valence-corrected chi connectivity index (χ1v) is 7.05. The van der Waals surface area contributed by atoms with E-state index in [0.717, 1.165) is 24.2 Å². The Bertz CT molecular complexity index is 209. The van der Waals surface area contributed by atoms with Gasteiger partial charge in [0.05, 0.1) is 12.2 Å². The van der Waals surface area contributed by atoms with Gasteiger partial charge in [-0.1, -0.05) is 48.5 Å².